The number of carbonyl (C=O) groups is 1. The van der Waals surface area contributed by atoms with E-state index in [1.54, 1.807) is 6.92 Å². The van der Waals surface area contributed by atoms with E-state index in [4.69, 9.17) is 4.74 Å². The van der Waals surface area contributed by atoms with Gasteiger partial charge < -0.3 is 19.9 Å². The number of hydrogen-bond acceptors (Lipinski definition) is 4. The van der Waals surface area contributed by atoms with Crippen LogP contribution in [0.25, 0.3) is 0 Å². The summed E-state index contributed by atoms with van der Waals surface area (Å²) in [5.74, 6) is -1.30. The average molecular weight is 359 g/mol. The summed E-state index contributed by atoms with van der Waals surface area (Å²) in [6, 6.07) is 3.07. The Labute approximate surface area is 143 Å². The number of hydrogen-bond donors (Lipinski definition) is 2. The predicted molar refractivity (Wildman–Crippen MR) is 82.0 cm³/mol. The van der Waals surface area contributed by atoms with E-state index in [2.05, 4.69) is 10.1 Å². The fraction of sp³-hybridized carbons (Fsp3) is 0.588. The molecular formula is C17H20F3NO4. The maximum absolute atomic E-state index is 13.3. The van der Waals surface area contributed by atoms with Crippen molar-refractivity contribution in [3.05, 3.63) is 24.0 Å². The summed E-state index contributed by atoms with van der Waals surface area (Å²) in [5, 5.41) is 12.5. The summed E-state index contributed by atoms with van der Waals surface area (Å²) in [4.78, 5) is 12.1. The lowest BCUT2D eigenvalue weighted by atomic mass is 9.76. The summed E-state index contributed by atoms with van der Waals surface area (Å²) in [6.07, 6.45) is 1.53. The van der Waals surface area contributed by atoms with Crippen LogP contribution in [0.3, 0.4) is 0 Å². The smallest absolute Gasteiger partial charge is 0.387 e. The summed E-state index contributed by atoms with van der Waals surface area (Å²) in [5.41, 5.74) is -0.707. The van der Waals surface area contributed by atoms with Crippen LogP contribution in [0.4, 0.5) is 13.2 Å². The number of rotatable bonds is 6. The van der Waals surface area contributed by atoms with Crippen molar-refractivity contribution in [2.45, 2.75) is 57.0 Å². The highest BCUT2D eigenvalue weighted by Gasteiger charge is 2.42. The Balaban J connectivity index is 1.49. The number of aliphatic hydroxyl groups is 1. The van der Waals surface area contributed by atoms with Crippen LogP contribution in [0.5, 0.6) is 11.5 Å². The van der Waals surface area contributed by atoms with Crippen LogP contribution in [0.15, 0.2) is 18.2 Å². The molecule has 5 nitrogen and oxygen atoms in total. The maximum Gasteiger partial charge on any atom is 0.387 e. The number of alkyl halides is 2. The van der Waals surface area contributed by atoms with E-state index >= 15 is 0 Å². The Morgan fingerprint density at radius 3 is 2.60 bits per heavy atom. The molecule has 25 heavy (non-hydrogen) atoms. The highest BCUT2D eigenvalue weighted by atomic mass is 19.3. The third kappa shape index (κ3) is 4.36. The Hall–Kier alpha value is -1.96. The zero-order chi connectivity index (χ0) is 18.2. The Morgan fingerprint density at radius 1 is 1.32 bits per heavy atom. The molecule has 0 heterocycles. The first-order valence-corrected chi connectivity index (χ1v) is 8.15. The molecule has 1 aromatic carbocycles. The molecule has 0 saturated heterocycles. The first-order valence-electron chi connectivity index (χ1n) is 8.15. The fourth-order valence-corrected chi connectivity index (χ4v) is 3.25. The van der Waals surface area contributed by atoms with Gasteiger partial charge in [0.15, 0.2) is 11.5 Å². The molecule has 3 rings (SSSR count). The second-order valence-electron chi connectivity index (χ2n) is 6.99. The molecule has 0 aromatic heterocycles. The van der Waals surface area contributed by atoms with Gasteiger partial charge in [0, 0.05) is 18.0 Å². The Kier molecular flexibility index (Phi) is 4.81. The molecule has 8 heteroatoms. The predicted octanol–water partition coefficient (Wildman–Crippen LogP) is 2.61. The molecule has 2 fully saturated rings. The standard InChI is InChI=1S/C17H20F3NO4/c1-17(23)7-11(8-17)21-15(22)9-4-12(5-9)24-14-6-10(18)2-3-13(14)25-16(19)20/h2-3,6,9,11-12,16,23H,4-5,7-8H2,1H3,(H,21,22)/t9-,11-,12-,17-. The van der Waals surface area contributed by atoms with Crippen LogP contribution >= 0.6 is 0 Å². The molecule has 138 valence electrons. The molecule has 0 spiro atoms. The van der Waals surface area contributed by atoms with Gasteiger partial charge in [-0.2, -0.15) is 8.78 Å². The van der Waals surface area contributed by atoms with E-state index in [-0.39, 0.29) is 35.5 Å². The van der Waals surface area contributed by atoms with Crippen molar-refractivity contribution < 1.29 is 32.5 Å². The van der Waals surface area contributed by atoms with Gasteiger partial charge in [-0.1, -0.05) is 0 Å². The quantitative estimate of drug-likeness (QED) is 0.819. The molecular weight excluding hydrogens is 339 g/mol. The number of amides is 1. The third-order valence-electron chi connectivity index (χ3n) is 4.60. The van der Waals surface area contributed by atoms with E-state index in [9.17, 15) is 23.1 Å². The molecule has 1 amide bonds. The van der Waals surface area contributed by atoms with Gasteiger partial charge in [-0.05, 0) is 44.7 Å². The normalized spacial score (nSPS) is 31.0. The Morgan fingerprint density at radius 2 is 2.00 bits per heavy atom. The van der Waals surface area contributed by atoms with Crippen molar-refractivity contribution in [2.75, 3.05) is 0 Å². The van der Waals surface area contributed by atoms with Gasteiger partial charge in [0.25, 0.3) is 0 Å². The van der Waals surface area contributed by atoms with Gasteiger partial charge >= 0.3 is 6.61 Å². The molecule has 0 aliphatic heterocycles. The second kappa shape index (κ2) is 6.74. The van der Waals surface area contributed by atoms with Crippen LogP contribution < -0.4 is 14.8 Å². The van der Waals surface area contributed by atoms with E-state index in [1.807, 2.05) is 0 Å². The van der Waals surface area contributed by atoms with Crippen LogP contribution in [0, 0.1) is 11.7 Å². The number of carbonyl (C=O) groups excluding carboxylic acids is 1. The van der Waals surface area contributed by atoms with Crippen molar-refractivity contribution in [3.63, 3.8) is 0 Å². The van der Waals surface area contributed by atoms with Crippen molar-refractivity contribution in [2.24, 2.45) is 5.92 Å². The van der Waals surface area contributed by atoms with Gasteiger partial charge in [-0.3, -0.25) is 4.79 Å². The minimum absolute atomic E-state index is 0.0169. The van der Waals surface area contributed by atoms with E-state index in [1.165, 1.54) is 0 Å². The lowest BCUT2D eigenvalue weighted by Crippen LogP contribution is -2.56. The van der Waals surface area contributed by atoms with E-state index in [0.29, 0.717) is 25.7 Å². The molecule has 0 atom stereocenters. The van der Waals surface area contributed by atoms with Crippen molar-refractivity contribution in [1.82, 2.24) is 5.32 Å². The second-order valence-corrected chi connectivity index (χ2v) is 6.99. The number of ether oxygens (including phenoxy) is 2. The van der Waals surface area contributed by atoms with Gasteiger partial charge in [0.05, 0.1) is 5.60 Å². The SMILES string of the molecule is C[C@]1(O)C[C@H](NC(=O)[C@H]2C[C@H](Oc3cc(F)ccc3OC(F)F)C2)C1. The summed E-state index contributed by atoms with van der Waals surface area (Å²) < 4.78 is 47.9. The van der Waals surface area contributed by atoms with E-state index < -0.39 is 18.0 Å². The summed E-state index contributed by atoms with van der Waals surface area (Å²) in [7, 11) is 0. The largest absolute Gasteiger partial charge is 0.486 e. The summed E-state index contributed by atoms with van der Waals surface area (Å²) in [6.45, 7) is -1.31. The van der Waals surface area contributed by atoms with Crippen LogP contribution in [-0.4, -0.2) is 35.4 Å². The van der Waals surface area contributed by atoms with Gasteiger partial charge in [0.1, 0.15) is 11.9 Å². The number of halogens is 3. The molecule has 2 N–H and O–H groups in total. The molecule has 1 aromatic rings. The molecule has 0 radical (unpaired) electrons. The van der Waals surface area contributed by atoms with Gasteiger partial charge in [0.2, 0.25) is 5.91 Å². The monoisotopic (exact) mass is 359 g/mol. The van der Waals surface area contributed by atoms with Crippen molar-refractivity contribution >= 4 is 5.91 Å². The first kappa shape index (κ1) is 17.8. The molecule has 0 unspecified atom stereocenters. The fourth-order valence-electron chi connectivity index (χ4n) is 3.25. The molecule has 2 aliphatic rings. The highest BCUT2D eigenvalue weighted by molar-refractivity contribution is 5.80. The van der Waals surface area contributed by atoms with Crippen LogP contribution in [0.2, 0.25) is 0 Å². The maximum atomic E-state index is 13.3. The topological polar surface area (TPSA) is 67.8 Å². The van der Waals surface area contributed by atoms with Gasteiger partial charge in [-0.25, -0.2) is 4.39 Å². The average Bonchev–Trinajstić information content (AvgIpc) is 2.42. The van der Waals surface area contributed by atoms with Crippen molar-refractivity contribution in [1.29, 1.82) is 0 Å². The summed E-state index contributed by atoms with van der Waals surface area (Å²) >= 11 is 0. The van der Waals surface area contributed by atoms with E-state index in [0.717, 1.165) is 18.2 Å². The molecule has 2 saturated carbocycles. The Bertz CT molecular complexity index is 639. The minimum atomic E-state index is -3.03. The number of nitrogens with one attached hydrogen (secondary N) is 1. The van der Waals surface area contributed by atoms with Gasteiger partial charge in [-0.15, -0.1) is 0 Å². The number of benzene rings is 1. The zero-order valence-corrected chi connectivity index (χ0v) is 13.7. The third-order valence-corrected chi connectivity index (χ3v) is 4.60. The van der Waals surface area contributed by atoms with Crippen LogP contribution in [0.1, 0.15) is 32.6 Å². The lowest BCUT2D eigenvalue weighted by Gasteiger charge is -2.43. The van der Waals surface area contributed by atoms with Crippen molar-refractivity contribution in [3.8, 4) is 11.5 Å². The highest BCUT2D eigenvalue weighted by Crippen LogP contribution is 2.37. The molecule has 2 aliphatic carbocycles. The zero-order valence-electron chi connectivity index (χ0n) is 13.7. The lowest BCUT2D eigenvalue weighted by molar-refractivity contribution is -0.134. The van der Waals surface area contributed by atoms with Crippen LogP contribution in [-0.2, 0) is 4.79 Å². The first-order chi connectivity index (χ1) is 11.7. The molecule has 0 bridgehead atoms. The minimum Gasteiger partial charge on any atom is -0.486 e.